The molecule has 0 spiro atoms. The highest BCUT2D eigenvalue weighted by atomic mass is 32.2. The van der Waals surface area contributed by atoms with E-state index >= 15 is 0 Å². The second-order valence-electron chi connectivity index (χ2n) is 5.96. The quantitative estimate of drug-likeness (QED) is 0.707. The molecule has 0 aliphatic heterocycles. The van der Waals surface area contributed by atoms with Crippen molar-refractivity contribution >= 4 is 32.3 Å². The van der Waals surface area contributed by atoms with Gasteiger partial charge in [-0.2, -0.15) is 0 Å². The molecule has 3 aromatic rings. The zero-order chi connectivity index (χ0) is 17.4. The van der Waals surface area contributed by atoms with Gasteiger partial charge in [0.2, 0.25) is 10.0 Å². The summed E-state index contributed by atoms with van der Waals surface area (Å²) < 4.78 is 32.7. The maximum absolute atomic E-state index is 12.5. The van der Waals surface area contributed by atoms with Crippen LogP contribution >= 0.6 is 11.3 Å². The lowest BCUT2D eigenvalue weighted by Gasteiger charge is -2.06. The summed E-state index contributed by atoms with van der Waals surface area (Å²) in [4.78, 5) is 17.2. The van der Waals surface area contributed by atoms with E-state index in [1.54, 1.807) is 17.4 Å². The molecule has 0 fully saturated rings. The number of hydrogen-bond acceptors (Lipinski definition) is 6. The van der Waals surface area contributed by atoms with Crippen LogP contribution in [0.5, 0.6) is 0 Å². The van der Waals surface area contributed by atoms with Crippen molar-refractivity contribution in [1.82, 2.24) is 9.71 Å². The maximum atomic E-state index is 12.5. The Kier molecular flexibility index (Phi) is 4.18. The van der Waals surface area contributed by atoms with Crippen LogP contribution in [0.1, 0.15) is 28.4 Å². The van der Waals surface area contributed by atoms with Crippen LogP contribution in [-0.2, 0) is 29.4 Å². The number of nitrogens with zero attached hydrogens (tertiary/aromatic N) is 1. The summed E-state index contributed by atoms with van der Waals surface area (Å²) >= 11 is 1.59. The zero-order valence-electron chi connectivity index (χ0n) is 13.3. The molecule has 1 N–H and O–H groups in total. The summed E-state index contributed by atoms with van der Waals surface area (Å²) in [5, 5.41) is 1.36. The summed E-state index contributed by atoms with van der Waals surface area (Å²) in [6.07, 6.45) is 4.34. The van der Waals surface area contributed by atoms with Crippen LogP contribution in [0.3, 0.4) is 0 Å². The minimum atomic E-state index is -3.66. The van der Waals surface area contributed by atoms with Gasteiger partial charge in [-0.15, -0.1) is 11.3 Å². The minimum Gasteiger partial charge on any atom is -0.423 e. The molecular weight excluding hydrogens is 360 g/mol. The first kappa shape index (κ1) is 16.4. The highest BCUT2D eigenvalue weighted by Crippen LogP contribution is 2.27. The molecule has 130 valence electrons. The van der Waals surface area contributed by atoms with Gasteiger partial charge in [0.1, 0.15) is 10.6 Å². The number of sulfonamides is 1. The number of hydrogen-bond donors (Lipinski definition) is 1. The molecule has 2 aromatic heterocycles. The SMILES string of the molecule is O=c1ccc2cc(S(=O)(=O)NCc3nc4c(s3)CCCC4)ccc2o1. The Bertz CT molecular complexity index is 1080. The second-order valence-corrected chi connectivity index (χ2v) is 8.90. The predicted molar refractivity (Wildman–Crippen MR) is 95.3 cm³/mol. The zero-order valence-corrected chi connectivity index (χ0v) is 15.0. The van der Waals surface area contributed by atoms with E-state index in [9.17, 15) is 13.2 Å². The van der Waals surface area contributed by atoms with Gasteiger partial charge in [-0.25, -0.2) is 22.9 Å². The Balaban J connectivity index is 1.56. The van der Waals surface area contributed by atoms with Crippen LogP contribution in [0.4, 0.5) is 0 Å². The van der Waals surface area contributed by atoms with Crippen LogP contribution in [0.2, 0.25) is 0 Å². The first-order chi connectivity index (χ1) is 12.0. The third kappa shape index (κ3) is 3.37. The largest absolute Gasteiger partial charge is 0.423 e. The molecule has 0 atom stereocenters. The van der Waals surface area contributed by atoms with Crippen molar-refractivity contribution in [3.63, 3.8) is 0 Å². The molecule has 1 aliphatic carbocycles. The van der Waals surface area contributed by atoms with E-state index in [1.807, 2.05) is 0 Å². The molecule has 25 heavy (non-hydrogen) atoms. The average Bonchev–Trinajstić information content (AvgIpc) is 3.02. The summed E-state index contributed by atoms with van der Waals surface area (Å²) in [5.74, 6) is 0. The van der Waals surface area contributed by atoms with Gasteiger partial charge in [0.15, 0.2) is 0 Å². The minimum absolute atomic E-state index is 0.134. The second kappa shape index (κ2) is 6.36. The standard InChI is InChI=1S/C17H16N2O4S2/c20-17-8-5-11-9-12(6-7-14(11)23-17)25(21,22)18-10-16-19-13-3-1-2-4-15(13)24-16/h5-9,18H,1-4,10H2. The fraction of sp³-hybridized carbons (Fsp3) is 0.294. The molecule has 1 aromatic carbocycles. The monoisotopic (exact) mass is 376 g/mol. The lowest BCUT2D eigenvalue weighted by molar-refractivity contribution is 0.560. The molecule has 0 radical (unpaired) electrons. The van der Waals surface area contributed by atoms with E-state index < -0.39 is 15.6 Å². The number of fused-ring (bicyclic) bond motifs is 2. The van der Waals surface area contributed by atoms with Crippen LogP contribution in [0.25, 0.3) is 11.0 Å². The van der Waals surface area contributed by atoms with Gasteiger partial charge in [0.05, 0.1) is 17.1 Å². The first-order valence-corrected chi connectivity index (χ1v) is 10.3. The van der Waals surface area contributed by atoms with E-state index in [-0.39, 0.29) is 11.4 Å². The summed E-state index contributed by atoms with van der Waals surface area (Å²) in [6.45, 7) is 0.182. The number of aryl methyl sites for hydroxylation is 2. The Hall–Kier alpha value is -2.03. The molecular formula is C17H16N2O4S2. The third-order valence-electron chi connectivity index (χ3n) is 4.20. The van der Waals surface area contributed by atoms with E-state index in [0.29, 0.717) is 11.0 Å². The van der Waals surface area contributed by atoms with Gasteiger partial charge in [-0.1, -0.05) is 0 Å². The molecule has 0 saturated heterocycles. The van der Waals surface area contributed by atoms with Crippen LogP contribution in [0, 0.1) is 0 Å². The van der Waals surface area contributed by atoms with E-state index in [0.717, 1.165) is 30.0 Å². The highest BCUT2D eigenvalue weighted by molar-refractivity contribution is 7.89. The average molecular weight is 376 g/mol. The molecule has 6 nitrogen and oxygen atoms in total. The Morgan fingerprint density at radius 3 is 2.84 bits per heavy atom. The number of benzene rings is 1. The molecule has 0 saturated carbocycles. The molecule has 1 aliphatic rings. The smallest absolute Gasteiger partial charge is 0.336 e. The predicted octanol–water partition coefficient (Wildman–Crippen LogP) is 2.61. The Labute approximate surface area is 148 Å². The van der Waals surface area contributed by atoms with E-state index in [1.165, 1.54) is 35.6 Å². The summed E-state index contributed by atoms with van der Waals surface area (Å²) in [5.41, 5.74) is 1.01. The van der Waals surface area contributed by atoms with Crippen molar-refractivity contribution in [3.8, 4) is 0 Å². The van der Waals surface area contributed by atoms with Gasteiger partial charge >= 0.3 is 5.63 Å². The Morgan fingerprint density at radius 2 is 2.00 bits per heavy atom. The number of aromatic nitrogens is 1. The highest BCUT2D eigenvalue weighted by Gasteiger charge is 2.18. The van der Waals surface area contributed by atoms with Gasteiger partial charge < -0.3 is 4.42 Å². The molecule has 0 bridgehead atoms. The van der Waals surface area contributed by atoms with Crippen molar-refractivity contribution in [2.75, 3.05) is 0 Å². The van der Waals surface area contributed by atoms with E-state index in [4.69, 9.17) is 4.42 Å². The fourth-order valence-corrected chi connectivity index (χ4v) is 5.15. The van der Waals surface area contributed by atoms with Gasteiger partial charge in [0.25, 0.3) is 0 Å². The normalized spacial score (nSPS) is 14.6. The van der Waals surface area contributed by atoms with Gasteiger partial charge in [-0.3, -0.25) is 0 Å². The summed E-state index contributed by atoms with van der Waals surface area (Å²) in [7, 11) is -3.66. The number of thiazole rings is 1. The lowest BCUT2D eigenvalue weighted by Crippen LogP contribution is -2.23. The van der Waals surface area contributed by atoms with Crippen LogP contribution < -0.4 is 10.3 Å². The third-order valence-corrected chi connectivity index (χ3v) is 6.76. The van der Waals surface area contributed by atoms with Gasteiger partial charge in [0, 0.05) is 16.3 Å². The van der Waals surface area contributed by atoms with Crippen LogP contribution in [-0.4, -0.2) is 13.4 Å². The van der Waals surface area contributed by atoms with Crippen molar-refractivity contribution in [2.45, 2.75) is 37.1 Å². The molecule has 0 amide bonds. The molecule has 0 unspecified atom stereocenters. The Morgan fingerprint density at radius 1 is 1.16 bits per heavy atom. The van der Waals surface area contributed by atoms with Crippen molar-refractivity contribution in [2.24, 2.45) is 0 Å². The lowest BCUT2D eigenvalue weighted by atomic mass is 10.0. The van der Waals surface area contributed by atoms with Crippen molar-refractivity contribution in [3.05, 3.63) is 56.3 Å². The van der Waals surface area contributed by atoms with Gasteiger partial charge in [-0.05, 0) is 49.9 Å². The first-order valence-electron chi connectivity index (χ1n) is 8.02. The maximum Gasteiger partial charge on any atom is 0.336 e. The van der Waals surface area contributed by atoms with Crippen molar-refractivity contribution in [1.29, 1.82) is 0 Å². The molecule has 4 rings (SSSR count). The van der Waals surface area contributed by atoms with Crippen LogP contribution in [0.15, 0.2) is 44.4 Å². The number of rotatable bonds is 4. The number of nitrogens with one attached hydrogen (secondary N) is 1. The van der Waals surface area contributed by atoms with Crippen molar-refractivity contribution < 1.29 is 12.8 Å². The molecule has 8 heteroatoms. The molecule has 2 heterocycles. The topological polar surface area (TPSA) is 89.3 Å². The van der Waals surface area contributed by atoms with E-state index in [2.05, 4.69) is 9.71 Å². The fourth-order valence-electron chi connectivity index (χ4n) is 2.94. The summed E-state index contributed by atoms with van der Waals surface area (Å²) in [6, 6.07) is 7.24.